The minimum absolute atomic E-state index is 0.143. The molecule has 4 aromatic carbocycles. The summed E-state index contributed by atoms with van der Waals surface area (Å²) in [6.45, 7) is 3.26. The number of aliphatic hydroxyl groups is 1. The van der Waals surface area contributed by atoms with Crippen molar-refractivity contribution < 1.29 is 19.3 Å². The molecule has 0 heterocycles. The summed E-state index contributed by atoms with van der Waals surface area (Å²) in [4.78, 5) is 0. The van der Waals surface area contributed by atoms with Crippen LogP contribution in [-0.4, -0.2) is 18.3 Å². The van der Waals surface area contributed by atoms with Gasteiger partial charge in [0.15, 0.2) is 0 Å². The summed E-state index contributed by atoms with van der Waals surface area (Å²) in [5.74, 6) is 1.28. The highest BCUT2D eigenvalue weighted by atomic mass is 16.5. The Morgan fingerprint density at radius 2 is 1.20 bits per heavy atom. The normalized spacial score (nSPS) is 12.6. The van der Waals surface area contributed by atoms with Crippen LogP contribution in [0.4, 0.5) is 0 Å². The lowest BCUT2D eigenvalue weighted by Crippen LogP contribution is -2.29. The van der Waals surface area contributed by atoms with E-state index in [2.05, 4.69) is 12.1 Å². The molecule has 4 heteroatoms. The highest BCUT2D eigenvalue weighted by molar-refractivity contribution is 5.44. The Labute approximate surface area is 207 Å². The first-order chi connectivity index (χ1) is 17.1. The molecule has 0 amide bonds. The lowest BCUT2D eigenvalue weighted by atomic mass is 9.95. The molecule has 1 atom stereocenters. The van der Waals surface area contributed by atoms with Crippen LogP contribution >= 0.6 is 0 Å². The third-order valence-corrected chi connectivity index (χ3v) is 5.78. The Morgan fingerprint density at radius 1 is 0.657 bits per heavy atom. The smallest absolute Gasteiger partial charge is 0.126 e. The topological polar surface area (TPSA) is 47.9 Å². The lowest BCUT2D eigenvalue weighted by molar-refractivity contribution is -0.0387. The fourth-order valence-electron chi connectivity index (χ4n) is 3.81. The van der Waals surface area contributed by atoms with Crippen LogP contribution in [0.25, 0.3) is 0 Å². The van der Waals surface area contributed by atoms with Gasteiger partial charge in [-0.25, -0.2) is 0 Å². The third-order valence-electron chi connectivity index (χ3n) is 5.78. The summed E-state index contributed by atoms with van der Waals surface area (Å²) in [6, 6.07) is 35.7. The molecule has 0 fully saturated rings. The van der Waals surface area contributed by atoms with Crippen molar-refractivity contribution in [1.82, 2.24) is 0 Å². The van der Waals surface area contributed by atoms with Crippen LogP contribution in [0.3, 0.4) is 0 Å². The lowest BCUT2D eigenvalue weighted by Gasteiger charge is -2.27. The van der Waals surface area contributed by atoms with Crippen molar-refractivity contribution in [3.05, 3.63) is 131 Å². The van der Waals surface area contributed by atoms with Gasteiger partial charge in [-0.15, -0.1) is 0 Å². The van der Waals surface area contributed by atoms with E-state index in [4.69, 9.17) is 14.2 Å². The van der Waals surface area contributed by atoms with Crippen molar-refractivity contribution in [3.63, 3.8) is 0 Å². The number of hydrogen-bond donors (Lipinski definition) is 1. The van der Waals surface area contributed by atoms with Gasteiger partial charge in [-0.2, -0.15) is 0 Å². The maximum absolute atomic E-state index is 11.4. The molecule has 4 nitrogen and oxygen atoms in total. The van der Waals surface area contributed by atoms with Gasteiger partial charge in [0.25, 0.3) is 0 Å². The van der Waals surface area contributed by atoms with E-state index in [1.165, 1.54) is 5.56 Å². The van der Waals surface area contributed by atoms with Gasteiger partial charge in [0, 0.05) is 5.56 Å². The molecule has 0 aliphatic carbocycles. The minimum atomic E-state index is -1.26. The second kappa shape index (κ2) is 12.2. The summed E-state index contributed by atoms with van der Waals surface area (Å²) in [5.41, 5.74) is 2.72. The Kier molecular flexibility index (Phi) is 8.55. The second-order valence-corrected chi connectivity index (χ2v) is 8.77. The summed E-state index contributed by atoms with van der Waals surface area (Å²) in [5, 5.41) is 11.4. The van der Waals surface area contributed by atoms with Crippen molar-refractivity contribution in [2.75, 3.05) is 13.2 Å². The van der Waals surface area contributed by atoms with Crippen LogP contribution in [0.5, 0.6) is 11.5 Å². The molecule has 35 heavy (non-hydrogen) atoms. The molecular weight excluding hydrogens is 436 g/mol. The van der Waals surface area contributed by atoms with E-state index in [1.807, 2.05) is 97.1 Å². The van der Waals surface area contributed by atoms with Crippen molar-refractivity contribution in [2.45, 2.75) is 32.2 Å². The summed E-state index contributed by atoms with van der Waals surface area (Å²) in [7, 11) is 0. The van der Waals surface area contributed by atoms with Gasteiger partial charge in [0.05, 0.1) is 13.2 Å². The first kappa shape index (κ1) is 24.5. The first-order valence-electron chi connectivity index (χ1n) is 11.9. The predicted molar refractivity (Wildman–Crippen MR) is 139 cm³/mol. The van der Waals surface area contributed by atoms with E-state index >= 15 is 0 Å². The second-order valence-electron chi connectivity index (χ2n) is 8.77. The van der Waals surface area contributed by atoms with Gasteiger partial charge >= 0.3 is 0 Å². The molecule has 0 aliphatic heterocycles. The minimum Gasteiger partial charge on any atom is -0.489 e. The number of benzene rings is 4. The molecule has 0 saturated carbocycles. The van der Waals surface area contributed by atoms with Crippen LogP contribution in [0.1, 0.15) is 29.2 Å². The molecule has 0 bridgehead atoms. The standard InChI is InChI=1S/C31H32O4/c1-31(32,24-33-20-19-25-11-5-2-6-12-25)29-21-28(34-22-26-13-7-3-8-14-26)17-18-30(29)35-23-27-15-9-4-10-16-27/h2-18,21,32H,19-20,22-24H2,1H3. The van der Waals surface area contributed by atoms with E-state index in [-0.39, 0.29) is 6.61 Å². The molecule has 0 radical (unpaired) electrons. The molecule has 0 spiro atoms. The van der Waals surface area contributed by atoms with Crippen molar-refractivity contribution in [2.24, 2.45) is 0 Å². The SMILES string of the molecule is CC(O)(COCCc1ccccc1)c1cc(OCc2ccccc2)ccc1OCc1ccccc1. The van der Waals surface area contributed by atoms with E-state index in [0.29, 0.717) is 36.9 Å². The molecule has 0 saturated heterocycles. The van der Waals surface area contributed by atoms with Crippen molar-refractivity contribution >= 4 is 0 Å². The van der Waals surface area contributed by atoms with Crippen molar-refractivity contribution in [1.29, 1.82) is 0 Å². The third kappa shape index (κ3) is 7.44. The van der Waals surface area contributed by atoms with Gasteiger partial charge in [0.1, 0.15) is 30.3 Å². The summed E-state index contributed by atoms with van der Waals surface area (Å²) >= 11 is 0. The quantitative estimate of drug-likeness (QED) is 0.248. The summed E-state index contributed by atoms with van der Waals surface area (Å²) in [6.07, 6.45) is 0.786. The van der Waals surface area contributed by atoms with Gasteiger partial charge in [-0.1, -0.05) is 91.0 Å². The molecule has 0 aromatic heterocycles. The highest BCUT2D eigenvalue weighted by Crippen LogP contribution is 2.34. The number of hydrogen-bond acceptors (Lipinski definition) is 4. The average Bonchev–Trinajstić information content (AvgIpc) is 2.91. The zero-order valence-corrected chi connectivity index (χ0v) is 20.1. The van der Waals surface area contributed by atoms with Crippen LogP contribution in [-0.2, 0) is 30.0 Å². The van der Waals surface area contributed by atoms with Gasteiger partial charge in [-0.3, -0.25) is 0 Å². The van der Waals surface area contributed by atoms with Gasteiger partial charge < -0.3 is 19.3 Å². The molecule has 4 rings (SSSR count). The van der Waals surface area contributed by atoms with Crippen LogP contribution < -0.4 is 9.47 Å². The zero-order valence-electron chi connectivity index (χ0n) is 20.1. The van der Waals surface area contributed by atoms with Crippen LogP contribution in [0.15, 0.2) is 109 Å². The Hall–Kier alpha value is -3.60. The van der Waals surface area contributed by atoms with Crippen LogP contribution in [0.2, 0.25) is 0 Å². The monoisotopic (exact) mass is 468 g/mol. The Bertz CT molecular complexity index is 1160. The van der Waals surface area contributed by atoms with E-state index in [9.17, 15) is 5.11 Å². The molecular formula is C31H32O4. The van der Waals surface area contributed by atoms with E-state index in [1.54, 1.807) is 6.92 Å². The number of rotatable bonds is 12. The molecule has 4 aromatic rings. The Morgan fingerprint density at radius 3 is 1.80 bits per heavy atom. The molecule has 180 valence electrons. The fourth-order valence-corrected chi connectivity index (χ4v) is 3.81. The highest BCUT2D eigenvalue weighted by Gasteiger charge is 2.28. The molecule has 0 aliphatic rings. The maximum atomic E-state index is 11.4. The van der Waals surface area contributed by atoms with Crippen LogP contribution in [0, 0.1) is 0 Å². The molecule has 1 N–H and O–H groups in total. The Balaban J connectivity index is 1.46. The van der Waals surface area contributed by atoms with E-state index < -0.39 is 5.60 Å². The largest absolute Gasteiger partial charge is 0.489 e. The predicted octanol–water partition coefficient (Wildman–Crippen LogP) is 6.31. The average molecular weight is 469 g/mol. The van der Waals surface area contributed by atoms with Gasteiger partial charge in [0.2, 0.25) is 0 Å². The summed E-state index contributed by atoms with van der Waals surface area (Å²) < 4.78 is 18.1. The fraction of sp³-hybridized carbons (Fsp3) is 0.226. The maximum Gasteiger partial charge on any atom is 0.126 e. The zero-order chi connectivity index (χ0) is 24.3. The first-order valence-corrected chi connectivity index (χ1v) is 11.9. The number of ether oxygens (including phenoxy) is 3. The van der Waals surface area contributed by atoms with E-state index in [0.717, 1.165) is 17.5 Å². The molecule has 1 unspecified atom stereocenters. The van der Waals surface area contributed by atoms with Gasteiger partial charge in [-0.05, 0) is 48.2 Å². The van der Waals surface area contributed by atoms with Crippen molar-refractivity contribution in [3.8, 4) is 11.5 Å².